The van der Waals surface area contributed by atoms with Gasteiger partial charge in [0.1, 0.15) is 11.5 Å². The van der Waals surface area contributed by atoms with Crippen molar-refractivity contribution in [1.29, 1.82) is 0 Å². The van der Waals surface area contributed by atoms with Crippen molar-refractivity contribution in [2.24, 2.45) is 5.73 Å². The van der Waals surface area contributed by atoms with Gasteiger partial charge < -0.3 is 20.5 Å². The lowest BCUT2D eigenvalue weighted by molar-refractivity contribution is -0.138. The molecule has 130 valence electrons. The fourth-order valence-electron chi connectivity index (χ4n) is 1.85. The zero-order chi connectivity index (χ0) is 17.8. The maximum absolute atomic E-state index is 11.7. The molecule has 23 heavy (non-hydrogen) atoms. The van der Waals surface area contributed by atoms with E-state index in [1.807, 2.05) is 20.8 Å². The molecule has 1 aromatic rings. The molecule has 0 spiro atoms. The fraction of sp³-hybridized carbons (Fsp3) is 0.529. The van der Waals surface area contributed by atoms with E-state index in [1.54, 1.807) is 32.4 Å². The van der Waals surface area contributed by atoms with Gasteiger partial charge in [-0.2, -0.15) is 0 Å². The number of nitrogens with one attached hydrogen (secondary N) is 1. The van der Waals surface area contributed by atoms with E-state index in [4.69, 9.17) is 15.2 Å². The molecule has 0 aromatic heterocycles. The van der Waals surface area contributed by atoms with Gasteiger partial charge in [-0.05, 0) is 24.1 Å². The van der Waals surface area contributed by atoms with Gasteiger partial charge in [-0.1, -0.05) is 27.2 Å². The summed E-state index contributed by atoms with van der Waals surface area (Å²) in [5.74, 6) is -0.0235. The summed E-state index contributed by atoms with van der Waals surface area (Å²) in [5, 5.41) is 2.56. The number of amides is 1. The number of rotatable bonds is 8. The van der Waals surface area contributed by atoms with Gasteiger partial charge in [0.05, 0.1) is 20.3 Å². The first-order valence-corrected chi connectivity index (χ1v) is 7.81. The zero-order valence-electron chi connectivity index (χ0n) is 14.6. The zero-order valence-corrected chi connectivity index (χ0v) is 14.6. The Morgan fingerprint density at radius 3 is 2.09 bits per heavy atom. The largest absolute Gasteiger partial charge is 0.497 e. The molecule has 0 saturated carbocycles. The van der Waals surface area contributed by atoms with Gasteiger partial charge in [0.15, 0.2) is 0 Å². The van der Waals surface area contributed by atoms with Crippen molar-refractivity contribution in [3.05, 3.63) is 23.8 Å². The van der Waals surface area contributed by atoms with E-state index in [1.165, 1.54) is 0 Å². The third kappa shape index (κ3) is 7.15. The predicted molar refractivity (Wildman–Crippen MR) is 90.6 cm³/mol. The molecule has 6 heteroatoms. The van der Waals surface area contributed by atoms with E-state index >= 15 is 0 Å². The Morgan fingerprint density at radius 1 is 1.13 bits per heavy atom. The van der Waals surface area contributed by atoms with Gasteiger partial charge in [0.2, 0.25) is 5.78 Å². The monoisotopic (exact) mass is 324 g/mol. The third-order valence-corrected chi connectivity index (χ3v) is 3.02. The fourth-order valence-corrected chi connectivity index (χ4v) is 1.85. The van der Waals surface area contributed by atoms with Crippen LogP contribution in [0.2, 0.25) is 0 Å². The van der Waals surface area contributed by atoms with Gasteiger partial charge in [0, 0.05) is 12.6 Å². The van der Waals surface area contributed by atoms with Crippen LogP contribution in [0.3, 0.4) is 0 Å². The normalized spacial score (nSPS) is 10.9. The van der Waals surface area contributed by atoms with Crippen molar-refractivity contribution >= 4 is 11.7 Å². The maximum atomic E-state index is 11.7. The van der Waals surface area contributed by atoms with Crippen LogP contribution in [-0.4, -0.2) is 32.0 Å². The smallest absolute Gasteiger partial charge is 0.289 e. The van der Waals surface area contributed by atoms with Gasteiger partial charge in [-0.3, -0.25) is 9.59 Å². The van der Waals surface area contributed by atoms with E-state index < -0.39 is 17.7 Å². The molecule has 0 saturated heterocycles. The minimum Gasteiger partial charge on any atom is -0.497 e. The summed E-state index contributed by atoms with van der Waals surface area (Å²) in [4.78, 5) is 23.5. The first-order chi connectivity index (χ1) is 11.0. The van der Waals surface area contributed by atoms with Crippen LogP contribution in [0.25, 0.3) is 0 Å². The number of carbonyl (C=O) groups is 2. The van der Waals surface area contributed by atoms with Crippen molar-refractivity contribution in [3.63, 3.8) is 0 Å². The molecule has 1 amide bonds. The number of hydrogen-bond donors (Lipinski definition) is 2. The molecule has 1 atom stereocenters. The molecule has 1 rings (SSSR count). The highest BCUT2D eigenvalue weighted by atomic mass is 16.5. The molecule has 0 radical (unpaired) electrons. The molecule has 6 nitrogen and oxygen atoms in total. The number of carbonyl (C=O) groups excluding carboxylic acids is 2. The molecule has 0 aliphatic carbocycles. The van der Waals surface area contributed by atoms with E-state index in [0.29, 0.717) is 17.9 Å². The number of hydrogen-bond acceptors (Lipinski definition) is 5. The summed E-state index contributed by atoms with van der Waals surface area (Å²) in [6, 6.07) is 4.52. The number of nitrogens with two attached hydrogens (primary N) is 1. The number of ether oxygens (including phenoxy) is 2. The van der Waals surface area contributed by atoms with Crippen LogP contribution in [-0.2, 0) is 16.1 Å². The second-order valence-electron chi connectivity index (χ2n) is 4.66. The highest BCUT2D eigenvalue weighted by Gasteiger charge is 2.20. The SMILES string of the molecule is CC.CCCC(N)C(=O)C(=O)NCc1cc(OC)cc(OC)c1. The predicted octanol–water partition coefficient (Wildman–Crippen LogP) is 2.04. The van der Waals surface area contributed by atoms with E-state index in [-0.39, 0.29) is 6.54 Å². The summed E-state index contributed by atoms with van der Waals surface area (Å²) >= 11 is 0. The Bertz CT molecular complexity index is 481. The van der Waals surface area contributed by atoms with Crippen LogP contribution >= 0.6 is 0 Å². The molecule has 0 aliphatic heterocycles. The quantitative estimate of drug-likeness (QED) is 0.714. The van der Waals surface area contributed by atoms with Crippen molar-refractivity contribution in [3.8, 4) is 11.5 Å². The van der Waals surface area contributed by atoms with Crippen molar-refractivity contribution < 1.29 is 19.1 Å². The summed E-state index contributed by atoms with van der Waals surface area (Å²) in [5.41, 5.74) is 6.41. The Morgan fingerprint density at radius 2 is 1.65 bits per heavy atom. The van der Waals surface area contributed by atoms with Crippen molar-refractivity contribution in [2.45, 2.75) is 46.2 Å². The van der Waals surface area contributed by atoms with Crippen LogP contribution in [0, 0.1) is 0 Å². The molecule has 0 fully saturated rings. The minimum absolute atomic E-state index is 0.205. The first kappa shape index (κ1) is 20.9. The molecular weight excluding hydrogens is 296 g/mol. The van der Waals surface area contributed by atoms with Gasteiger partial charge >= 0.3 is 0 Å². The number of methoxy groups -OCH3 is 2. The van der Waals surface area contributed by atoms with Crippen LogP contribution in [0.5, 0.6) is 11.5 Å². The number of ketones is 1. The van der Waals surface area contributed by atoms with Gasteiger partial charge in [-0.25, -0.2) is 0 Å². The molecule has 1 aromatic carbocycles. The minimum atomic E-state index is -0.741. The van der Waals surface area contributed by atoms with E-state index in [2.05, 4.69) is 5.32 Å². The Hall–Kier alpha value is -2.08. The highest BCUT2D eigenvalue weighted by Crippen LogP contribution is 2.22. The van der Waals surface area contributed by atoms with Crippen LogP contribution < -0.4 is 20.5 Å². The topological polar surface area (TPSA) is 90.7 Å². The Labute approximate surface area is 138 Å². The Kier molecular flexibility index (Phi) is 10.4. The summed E-state index contributed by atoms with van der Waals surface area (Å²) in [7, 11) is 3.09. The second-order valence-corrected chi connectivity index (χ2v) is 4.66. The number of Topliss-reactive ketones (excluding diaryl/α,β-unsaturated/α-hetero) is 1. The second kappa shape index (κ2) is 11.5. The van der Waals surface area contributed by atoms with Gasteiger partial charge in [0.25, 0.3) is 5.91 Å². The maximum Gasteiger partial charge on any atom is 0.289 e. The lowest BCUT2D eigenvalue weighted by Gasteiger charge is -2.11. The molecule has 0 heterocycles. The van der Waals surface area contributed by atoms with Crippen LogP contribution in [0.1, 0.15) is 39.2 Å². The molecule has 0 bridgehead atoms. The van der Waals surface area contributed by atoms with Crippen molar-refractivity contribution in [1.82, 2.24) is 5.32 Å². The Balaban J connectivity index is 0.00000232. The van der Waals surface area contributed by atoms with Crippen LogP contribution in [0.4, 0.5) is 0 Å². The van der Waals surface area contributed by atoms with E-state index in [0.717, 1.165) is 12.0 Å². The van der Waals surface area contributed by atoms with Gasteiger partial charge in [-0.15, -0.1) is 0 Å². The summed E-state index contributed by atoms with van der Waals surface area (Å²) in [6.07, 6.45) is 1.26. The average molecular weight is 324 g/mol. The average Bonchev–Trinajstić information content (AvgIpc) is 2.60. The lowest BCUT2D eigenvalue weighted by Crippen LogP contribution is -2.42. The molecule has 1 unspecified atom stereocenters. The number of benzene rings is 1. The standard InChI is InChI=1S/C15H22N2O4.C2H6/c1-4-5-13(16)14(18)15(19)17-9-10-6-11(20-2)8-12(7-10)21-3;1-2/h6-8,13H,4-5,9,16H2,1-3H3,(H,17,19);1-2H3. The lowest BCUT2D eigenvalue weighted by atomic mass is 10.1. The third-order valence-electron chi connectivity index (χ3n) is 3.02. The molecular formula is C17H28N2O4. The summed E-state index contributed by atoms with van der Waals surface area (Å²) in [6.45, 7) is 6.12. The highest BCUT2D eigenvalue weighted by molar-refractivity contribution is 6.38. The van der Waals surface area contributed by atoms with E-state index in [9.17, 15) is 9.59 Å². The van der Waals surface area contributed by atoms with Crippen molar-refractivity contribution in [2.75, 3.05) is 14.2 Å². The first-order valence-electron chi connectivity index (χ1n) is 7.81. The summed E-state index contributed by atoms with van der Waals surface area (Å²) < 4.78 is 10.3. The molecule has 3 N–H and O–H groups in total. The molecule has 0 aliphatic rings. The van der Waals surface area contributed by atoms with Crippen LogP contribution in [0.15, 0.2) is 18.2 Å².